The average molecular weight is 544 g/mol. The largest absolute Gasteiger partial charge is 0.493 e. The maximum Gasteiger partial charge on any atom is 0.271 e. The number of nitrogens with zero attached hydrogens (tertiary/aromatic N) is 2. The number of hydrogen-bond acceptors (Lipinski definition) is 6. The van der Waals surface area contributed by atoms with Crippen LogP contribution in [0.1, 0.15) is 27.0 Å². The summed E-state index contributed by atoms with van der Waals surface area (Å²) in [6.07, 6.45) is 1.50. The average Bonchev–Trinajstić information content (AvgIpc) is 2.96. The van der Waals surface area contributed by atoms with Crippen molar-refractivity contribution >= 4 is 27.8 Å². The molecule has 4 rings (SSSR count). The highest BCUT2D eigenvalue weighted by molar-refractivity contribution is 7.92. The third kappa shape index (κ3) is 6.82. The van der Waals surface area contributed by atoms with Gasteiger partial charge in [-0.15, -0.1) is 0 Å². The number of sulfonamides is 1. The van der Waals surface area contributed by atoms with E-state index in [0.717, 1.165) is 11.1 Å². The third-order valence-corrected chi connectivity index (χ3v) is 7.78. The summed E-state index contributed by atoms with van der Waals surface area (Å²) in [5.41, 5.74) is 5.96. The summed E-state index contributed by atoms with van der Waals surface area (Å²) < 4.78 is 38.3. The smallest absolute Gasteiger partial charge is 0.271 e. The van der Waals surface area contributed by atoms with Crippen LogP contribution in [0.2, 0.25) is 0 Å². The predicted octanol–water partition coefficient (Wildman–Crippen LogP) is 5.17. The minimum absolute atomic E-state index is 0.194. The molecule has 1 N–H and O–H groups in total. The molecule has 0 aliphatic rings. The molecule has 0 radical (unpaired) electrons. The topological polar surface area (TPSA) is 97.3 Å². The van der Waals surface area contributed by atoms with E-state index in [1.54, 1.807) is 73.8 Å². The zero-order chi connectivity index (χ0) is 27.8. The molecule has 0 bridgehead atoms. The van der Waals surface area contributed by atoms with Gasteiger partial charge in [0.15, 0.2) is 11.5 Å². The number of carbonyl (C=O) groups excluding carboxylic acids is 1. The van der Waals surface area contributed by atoms with Crippen LogP contribution in [0.5, 0.6) is 11.5 Å². The first-order valence-corrected chi connectivity index (χ1v) is 13.6. The number of rotatable bonds is 10. The fraction of sp³-hybridized carbons (Fsp3) is 0.133. The van der Waals surface area contributed by atoms with Gasteiger partial charge < -0.3 is 9.47 Å². The van der Waals surface area contributed by atoms with Crippen molar-refractivity contribution in [2.75, 3.05) is 18.5 Å². The highest BCUT2D eigenvalue weighted by atomic mass is 32.2. The fourth-order valence-electron chi connectivity index (χ4n) is 3.68. The standard InChI is InChI=1S/C30H29N3O5S/c1-22-9-16-27(17-10-22)39(35,36)33(2)26-14-12-25(13-15-26)30(34)32-31-20-24-11-18-28(29(19-24)37-3)38-21-23-7-5-4-6-8-23/h4-20H,21H2,1-3H3,(H,32,34)/b31-20-. The number of nitrogens with one attached hydrogen (secondary N) is 1. The Morgan fingerprint density at radius 2 is 1.62 bits per heavy atom. The Kier molecular flexibility index (Phi) is 8.63. The molecule has 0 atom stereocenters. The lowest BCUT2D eigenvalue weighted by atomic mass is 10.2. The van der Waals surface area contributed by atoms with E-state index in [0.29, 0.717) is 34.9 Å². The monoisotopic (exact) mass is 543 g/mol. The Labute approximate surface area is 228 Å². The molecule has 0 aliphatic carbocycles. The summed E-state index contributed by atoms with van der Waals surface area (Å²) >= 11 is 0. The molecule has 200 valence electrons. The summed E-state index contributed by atoms with van der Waals surface area (Å²) in [5, 5.41) is 4.03. The third-order valence-electron chi connectivity index (χ3n) is 5.98. The molecule has 0 saturated carbocycles. The molecule has 39 heavy (non-hydrogen) atoms. The van der Waals surface area contributed by atoms with Crippen LogP contribution in [0.4, 0.5) is 5.69 Å². The summed E-state index contributed by atoms with van der Waals surface area (Å²) in [4.78, 5) is 12.8. The molecular weight excluding hydrogens is 514 g/mol. The molecule has 9 heteroatoms. The van der Waals surface area contributed by atoms with E-state index in [-0.39, 0.29) is 4.90 Å². The van der Waals surface area contributed by atoms with Crippen LogP contribution >= 0.6 is 0 Å². The SMILES string of the molecule is COc1cc(/C=N\NC(=O)c2ccc(N(C)S(=O)(=O)c3ccc(C)cc3)cc2)ccc1OCc1ccccc1. The van der Waals surface area contributed by atoms with Gasteiger partial charge in [-0.2, -0.15) is 5.10 Å². The number of amides is 1. The first kappa shape index (κ1) is 27.4. The van der Waals surface area contributed by atoms with Crippen LogP contribution in [-0.2, 0) is 16.6 Å². The Morgan fingerprint density at radius 3 is 2.28 bits per heavy atom. The molecule has 8 nitrogen and oxygen atoms in total. The van der Waals surface area contributed by atoms with Crippen molar-refractivity contribution in [2.45, 2.75) is 18.4 Å². The highest BCUT2D eigenvalue weighted by Crippen LogP contribution is 2.28. The summed E-state index contributed by atoms with van der Waals surface area (Å²) in [7, 11) is -0.694. The Bertz CT molecular complexity index is 1550. The minimum Gasteiger partial charge on any atom is -0.493 e. The van der Waals surface area contributed by atoms with Crippen molar-refractivity contribution < 1.29 is 22.7 Å². The zero-order valence-electron chi connectivity index (χ0n) is 21.9. The molecule has 4 aromatic rings. The van der Waals surface area contributed by atoms with Gasteiger partial charge >= 0.3 is 0 Å². The van der Waals surface area contributed by atoms with Gasteiger partial charge in [-0.05, 0) is 72.6 Å². The normalized spacial score (nSPS) is 11.3. The van der Waals surface area contributed by atoms with Crippen LogP contribution in [0.15, 0.2) is 107 Å². The van der Waals surface area contributed by atoms with Crippen LogP contribution in [0.3, 0.4) is 0 Å². The van der Waals surface area contributed by atoms with Gasteiger partial charge in [-0.25, -0.2) is 13.8 Å². The van der Waals surface area contributed by atoms with Crippen LogP contribution in [-0.4, -0.2) is 34.7 Å². The molecule has 1 amide bonds. The van der Waals surface area contributed by atoms with Gasteiger partial charge in [0.05, 0.1) is 23.9 Å². The molecule has 4 aromatic carbocycles. The van der Waals surface area contributed by atoms with E-state index < -0.39 is 15.9 Å². The second kappa shape index (κ2) is 12.3. The van der Waals surface area contributed by atoms with Crippen LogP contribution in [0.25, 0.3) is 0 Å². The number of hydrogen-bond donors (Lipinski definition) is 1. The molecule has 0 heterocycles. The Morgan fingerprint density at radius 1 is 0.923 bits per heavy atom. The minimum atomic E-state index is -3.72. The van der Waals surface area contributed by atoms with Crippen LogP contribution in [0, 0.1) is 6.92 Å². The molecule has 0 unspecified atom stereocenters. The summed E-state index contributed by atoms with van der Waals surface area (Å²) in [6.45, 7) is 2.30. The van der Waals surface area contributed by atoms with Gasteiger partial charge in [0.25, 0.3) is 15.9 Å². The maximum absolute atomic E-state index is 12.9. The molecular formula is C30H29N3O5S. The number of anilines is 1. The van der Waals surface area contributed by atoms with E-state index in [1.807, 2.05) is 37.3 Å². The zero-order valence-corrected chi connectivity index (χ0v) is 22.7. The number of methoxy groups -OCH3 is 1. The van der Waals surface area contributed by atoms with Crippen molar-refractivity contribution in [3.05, 3.63) is 119 Å². The number of hydrazone groups is 1. The molecule has 0 spiro atoms. The summed E-state index contributed by atoms with van der Waals surface area (Å²) in [6, 6.07) is 28.0. The number of aryl methyl sites for hydroxylation is 1. The summed E-state index contributed by atoms with van der Waals surface area (Å²) in [5.74, 6) is 0.704. The number of benzene rings is 4. The maximum atomic E-state index is 12.9. The lowest BCUT2D eigenvalue weighted by molar-refractivity contribution is 0.0955. The first-order chi connectivity index (χ1) is 18.8. The van der Waals surface area contributed by atoms with Crippen molar-refractivity contribution in [1.82, 2.24) is 5.43 Å². The first-order valence-electron chi connectivity index (χ1n) is 12.1. The van der Waals surface area contributed by atoms with E-state index in [1.165, 1.54) is 17.6 Å². The van der Waals surface area contributed by atoms with Gasteiger partial charge in [-0.1, -0.05) is 48.0 Å². The predicted molar refractivity (Wildman–Crippen MR) is 152 cm³/mol. The number of carbonyl (C=O) groups is 1. The molecule has 0 saturated heterocycles. The Hall–Kier alpha value is -4.63. The van der Waals surface area contributed by atoms with Crippen molar-refractivity contribution in [3.8, 4) is 11.5 Å². The van der Waals surface area contributed by atoms with Crippen molar-refractivity contribution in [3.63, 3.8) is 0 Å². The van der Waals surface area contributed by atoms with Gasteiger partial charge in [-0.3, -0.25) is 9.10 Å². The highest BCUT2D eigenvalue weighted by Gasteiger charge is 2.21. The van der Waals surface area contributed by atoms with Crippen molar-refractivity contribution in [2.24, 2.45) is 5.10 Å². The second-order valence-corrected chi connectivity index (χ2v) is 10.7. The second-order valence-electron chi connectivity index (χ2n) is 8.72. The fourth-order valence-corrected chi connectivity index (χ4v) is 4.87. The van der Waals surface area contributed by atoms with E-state index >= 15 is 0 Å². The van der Waals surface area contributed by atoms with Gasteiger partial charge in [0.1, 0.15) is 6.61 Å². The lowest BCUT2D eigenvalue weighted by Gasteiger charge is -2.19. The molecule has 0 fully saturated rings. The Balaban J connectivity index is 1.36. The van der Waals surface area contributed by atoms with E-state index in [2.05, 4.69) is 10.5 Å². The molecule has 0 aliphatic heterocycles. The van der Waals surface area contributed by atoms with Gasteiger partial charge in [0, 0.05) is 12.6 Å². The quantitative estimate of drug-likeness (QED) is 0.220. The lowest BCUT2D eigenvalue weighted by Crippen LogP contribution is -2.26. The number of ether oxygens (including phenoxy) is 2. The van der Waals surface area contributed by atoms with Crippen molar-refractivity contribution in [1.29, 1.82) is 0 Å². The van der Waals surface area contributed by atoms with E-state index in [4.69, 9.17) is 9.47 Å². The van der Waals surface area contributed by atoms with Crippen LogP contribution < -0.4 is 19.2 Å². The van der Waals surface area contributed by atoms with Gasteiger partial charge in [0.2, 0.25) is 0 Å². The van der Waals surface area contributed by atoms with E-state index in [9.17, 15) is 13.2 Å². The molecule has 0 aromatic heterocycles.